The molecule has 6 heteroatoms. The van der Waals surface area contributed by atoms with Crippen LogP contribution in [-0.2, 0) is 11.2 Å². The van der Waals surface area contributed by atoms with Crippen molar-refractivity contribution in [3.8, 4) is 0 Å². The van der Waals surface area contributed by atoms with E-state index in [4.69, 9.17) is 4.74 Å². The molecule has 1 aromatic rings. The fraction of sp³-hybridized carbons (Fsp3) is 0.667. The van der Waals surface area contributed by atoms with Crippen LogP contribution in [0.5, 0.6) is 0 Å². The van der Waals surface area contributed by atoms with E-state index in [-0.39, 0.29) is 12.6 Å². The van der Waals surface area contributed by atoms with E-state index >= 15 is 0 Å². The maximum Gasteiger partial charge on any atom is 0.135 e. The van der Waals surface area contributed by atoms with Gasteiger partial charge in [-0.2, -0.15) is 0 Å². The molecule has 1 heterocycles. The normalized spacial score (nSPS) is 12.2. The Kier molecular flexibility index (Phi) is 6.38. The van der Waals surface area contributed by atoms with Gasteiger partial charge in [-0.05, 0) is 12.8 Å². The Morgan fingerprint density at radius 1 is 1.39 bits per heavy atom. The van der Waals surface area contributed by atoms with Gasteiger partial charge in [0.1, 0.15) is 18.0 Å². The third kappa shape index (κ3) is 3.82. The molecule has 0 bridgehead atoms. The lowest BCUT2D eigenvalue weighted by Gasteiger charge is -2.19. The molecule has 0 amide bonds. The van der Waals surface area contributed by atoms with Crippen LogP contribution in [-0.4, -0.2) is 48.5 Å². The standard InChI is InChI=1S/C12H22N4O2/c1-4-10-11(13-2)14-8-15-12(10)16-9(7-17)5-6-18-3/h8-9,17H,4-7H2,1-3H3,(H2,13,14,15,16). The van der Waals surface area contributed by atoms with E-state index in [1.54, 1.807) is 7.11 Å². The van der Waals surface area contributed by atoms with E-state index in [1.165, 1.54) is 6.33 Å². The highest BCUT2D eigenvalue weighted by atomic mass is 16.5. The number of rotatable bonds is 8. The minimum absolute atomic E-state index is 0.0470. The molecule has 1 atom stereocenters. The van der Waals surface area contributed by atoms with Crippen LogP contribution in [0.1, 0.15) is 18.9 Å². The summed E-state index contributed by atoms with van der Waals surface area (Å²) in [5.41, 5.74) is 1.02. The summed E-state index contributed by atoms with van der Waals surface area (Å²) in [5, 5.41) is 15.6. The molecule has 102 valence electrons. The molecular formula is C12H22N4O2. The minimum atomic E-state index is -0.0603. The predicted octanol–water partition coefficient (Wildman–Crippen LogP) is 0.890. The molecule has 0 fully saturated rings. The fourth-order valence-electron chi connectivity index (χ4n) is 1.75. The average molecular weight is 254 g/mol. The van der Waals surface area contributed by atoms with Crippen molar-refractivity contribution in [2.45, 2.75) is 25.8 Å². The van der Waals surface area contributed by atoms with Crippen molar-refractivity contribution in [2.75, 3.05) is 38.0 Å². The van der Waals surface area contributed by atoms with Gasteiger partial charge in [-0.1, -0.05) is 6.92 Å². The van der Waals surface area contributed by atoms with Crippen LogP contribution in [0.3, 0.4) is 0 Å². The molecule has 18 heavy (non-hydrogen) atoms. The Hall–Kier alpha value is -1.40. The van der Waals surface area contributed by atoms with Crippen molar-refractivity contribution in [3.05, 3.63) is 11.9 Å². The maximum atomic E-state index is 9.33. The van der Waals surface area contributed by atoms with E-state index in [0.717, 1.165) is 30.0 Å². The van der Waals surface area contributed by atoms with Gasteiger partial charge in [0.25, 0.3) is 0 Å². The minimum Gasteiger partial charge on any atom is -0.394 e. The molecule has 0 spiro atoms. The molecule has 0 saturated heterocycles. The predicted molar refractivity (Wildman–Crippen MR) is 71.9 cm³/mol. The number of ether oxygens (including phenoxy) is 1. The number of anilines is 2. The lowest BCUT2D eigenvalue weighted by atomic mass is 10.2. The second kappa shape index (κ2) is 7.84. The Morgan fingerprint density at radius 2 is 2.11 bits per heavy atom. The zero-order valence-corrected chi connectivity index (χ0v) is 11.2. The van der Waals surface area contributed by atoms with E-state index in [9.17, 15) is 5.11 Å². The van der Waals surface area contributed by atoms with Crippen molar-refractivity contribution in [1.82, 2.24) is 9.97 Å². The van der Waals surface area contributed by atoms with Gasteiger partial charge >= 0.3 is 0 Å². The number of aliphatic hydroxyl groups is 1. The van der Waals surface area contributed by atoms with Gasteiger partial charge in [0.15, 0.2) is 0 Å². The molecule has 0 aliphatic carbocycles. The summed E-state index contributed by atoms with van der Waals surface area (Å²) in [4.78, 5) is 8.41. The zero-order valence-electron chi connectivity index (χ0n) is 11.2. The highest BCUT2D eigenvalue weighted by Crippen LogP contribution is 2.20. The first-order valence-electron chi connectivity index (χ1n) is 6.14. The molecule has 6 nitrogen and oxygen atoms in total. The lowest BCUT2D eigenvalue weighted by molar-refractivity contribution is 0.174. The van der Waals surface area contributed by atoms with Crippen molar-refractivity contribution >= 4 is 11.6 Å². The summed E-state index contributed by atoms with van der Waals surface area (Å²) >= 11 is 0. The van der Waals surface area contributed by atoms with E-state index in [1.807, 2.05) is 14.0 Å². The Labute approximate surface area is 108 Å². The highest BCUT2D eigenvalue weighted by molar-refractivity contribution is 5.57. The van der Waals surface area contributed by atoms with Crippen LogP contribution in [0, 0.1) is 0 Å². The number of aliphatic hydroxyl groups excluding tert-OH is 1. The fourth-order valence-corrected chi connectivity index (χ4v) is 1.75. The third-order valence-corrected chi connectivity index (χ3v) is 2.77. The quantitative estimate of drug-likeness (QED) is 0.639. The Morgan fingerprint density at radius 3 is 2.67 bits per heavy atom. The lowest BCUT2D eigenvalue weighted by Crippen LogP contribution is -2.26. The molecule has 0 aromatic carbocycles. The second-order valence-corrected chi connectivity index (χ2v) is 3.96. The van der Waals surface area contributed by atoms with Gasteiger partial charge in [-0.3, -0.25) is 0 Å². The molecule has 1 rings (SSSR count). The number of nitrogens with zero attached hydrogens (tertiary/aromatic N) is 2. The van der Waals surface area contributed by atoms with Crippen molar-refractivity contribution < 1.29 is 9.84 Å². The SMILES string of the molecule is CCc1c(NC)ncnc1NC(CO)CCOC. The van der Waals surface area contributed by atoms with Crippen LogP contribution in [0.15, 0.2) is 6.33 Å². The summed E-state index contributed by atoms with van der Waals surface area (Å²) in [7, 11) is 3.48. The average Bonchev–Trinajstić information content (AvgIpc) is 2.42. The maximum absolute atomic E-state index is 9.33. The van der Waals surface area contributed by atoms with E-state index in [2.05, 4.69) is 20.6 Å². The zero-order chi connectivity index (χ0) is 13.4. The number of methoxy groups -OCH3 is 1. The topological polar surface area (TPSA) is 79.3 Å². The summed E-state index contributed by atoms with van der Waals surface area (Å²) in [5.74, 6) is 1.59. The monoisotopic (exact) mass is 254 g/mol. The smallest absolute Gasteiger partial charge is 0.135 e. The number of hydrogen-bond donors (Lipinski definition) is 3. The first kappa shape index (κ1) is 14.7. The van der Waals surface area contributed by atoms with Gasteiger partial charge in [-0.25, -0.2) is 9.97 Å². The summed E-state index contributed by atoms with van der Waals surface area (Å²) in [6, 6.07) is -0.0603. The largest absolute Gasteiger partial charge is 0.394 e. The second-order valence-electron chi connectivity index (χ2n) is 3.96. The first-order chi connectivity index (χ1) is 8.76. The van der Waals surface area contributed by atoms with Gasteiger partial charge < -0.3 is 20.5 Å². The third-order valence-electron chi connectivity index (χ3n) is 2.77. The molecule has 0 radical (unpaired) electrons. The molecule has 1 unspecified atom stereocenters. The van der Waals surface area contributed by atoms with Gasteiger partial charge in [0, 0.05) is 26.3 Å². The Balaban J connectivity index is 2.81. The van der Waals surface area contributed by atoms with Crippen molar-refractivity contribution in [3.63, 3.8) is 0 Å². The summed E-state index contributed by atoms with van der Waals surface area (Å²) in [6.45, 7) is 2.70. The molecule has 0 saturated carbocycles. The van der Waals surface area contributed by atoms with Crippen LogP contribution < -0.4 is 10.6 Å². The number of hydrogen-bond acceptors (Lipinski definition) is 6. The van der Waals surface area contributed by atoms with Gasteiger partial charge in [-0.15, -0.1) is 0 Å². The van der Waals surface area contributed by atoms with Gasteiger partial charge in [0.05, 0.1) is 12.6 Å². The van der Waals surface area contributed by atoms with Crippen LogP contribution >= 0.6 is 0 Å². The summed E-state index contributed by atoms with van der Waals surface area (Å²) in [6.07, 6.45) is 3.06. The highest BCUT2D eigenvalue weighted by Gasteiger charge is 2.13. The molecular weight excluding hydrogens is 232 g/mol. The van der Waals surface area contributed by atoms with E-state index in [0.29, 0.717) is 6.61 Å². The van der Waals surface area contributed by atoms with Crippen LogP contribution in [0.2, 0.25) is 0 Å². The van der Waals surface area contributed by atoms with Crippen molar-refractivity contribution in [1.29, 1.82) is 0 Å². The van der Waals surface area contributed by atoms with Crippen LogP contribution in [0.4, 0.5) is 11.6 Å². The Bertz CT molecular complexity index is 360. The number of aromatic nitrogens is 2. The van der Waals surface area contributed by atoms with Gasteiger partial charge in [0.2, 0.25) is 0 Å². The molecule has 0 aliphatic heterocycles. The van der Waals surface area contributed by atoms with Crippen LogP contribution in [0.25, 0.3) is 0 Å². The molecule has 3 N–H and O–H groups in total. The first-order valence-corrected chi connectivity index (χ1v) is 6.14. The van der Waals surface area contributed by atoms with E-state index < -0.39 is 0 Å². The molecule has 0 aliphatic rings. The summed E-state index contributed by atoms with van der Waals surface area (Å²) < 4.78 is 5.02. The number of nitrogens with one attached hydrogen (secondary N) is 2. The van der Waals surface area contributed by atoms with Crippen molar-refractivity contribution in [2.24, 2.45) is 0 Å². The molecule has 1 aromatic heterocycles.